The monoisotopic (exact) mass is 284 g/mol. The van der Waals surface area contributed by atoms with Crippen LogP contribution in [0.15, 0.2) is 12.7 Å². The van der Waals surface area contributed by atoms with E-state index in [0.29, 0.717) is 26.1 Å². The summed E-state index contributed by atoms with van der Waals surface area (Å²) in [4.78, 5) is 24.2. The Morgan fingerprint density at radius 2 is 2.00 bits per heavy atom. The number of aliphatic carboxylic acids is 1. The molecule has 116 valence electrons. The van der Waals surface area contributed by atoms with E-state index in [1.165, 1.54) is 0 Å². The van der Waals surface area contributed by atoms with Gasteiger partial charge >= 0.3 is 12.0 Å². The number of hydrogen-bond donors (Lipinski definition) is 2. The van der Waals surface area contributed by atoms with Crippen molar-refractivity contribution < 1.29 is 14.7 Å². The number of nitrogens with one attached hydrogen (secondary N) is 1. The van der Waals surface area contributed by atoms with Crippen LogP contribution in [0.4, 0.5) is 4.79 Å². The van der Waals surface area contributed by atoms with Crippen molar-refractivity contribution in [3.8, 4) is 0 Å². The summed E-state index contributed by atoms with van der Waals surface area (Å²) < 4.78 is 0. The maximum absolute atomic E-state index is 11.9. The van der Waals surface area contributed by atoms with Crippen LogP contribution in [-0.2, 0) is 4.79 Å². The fourth-order valence-electron chi connectivity index (χ4n) is 1.89. The largest absolute Gasteiger partial charge is 0.481 e. The lowest BCUT2D eigenvalue weighted by Gasteiger charge is -2.25. The third-order valence-corrected chi connectivity index (χ3v) is 3.22. The van der Waals surface area contributed by atoms with Gasteiger partial charge in [-0.15, -0.1) is 6.58 Å². The van der Waals surface area contributed by atoms with E-state index < -0.39 is 5.97 Å². The molecule has 0 aromatic rings. The SMILES string of the molecule is C=CCN(CCC)C(=O)NCCC(C)(C)CCC(=O)O. The maximum atomic E-state index is 11.9. The molecule has 0 atom stereocenters. The Kier molecular flexibility index (Phi) is 8.68. The van der Waals surface area contributed by atoms with Gasteiger partial charge in [0.2, 0.25) is 0 Å². The molecule has 0 saturated carbocycles. The first-order chi connectivity index (χ1) is 9.32. The van der Waals surface area contributed by atoms with Gasteiger partial charge in [0.05, 0.1) is 0 Å². The lowest BCUT2D eigenvalue weighted by molar-refractivity contribution is -0.137. The lowest BCUT2D eigenvalue weighted by atomic mass is 9.84. The second-order valence-corrected chi connectivity index (χ2v) is 5.77. The third kappa shape index (κ3) is 8.56. The zero-order chi connectivity index (χ0) is 15.6. The van der Waals surface area contributed by atoms with Crippen LogP contribution in [0, 0.1) is 5.41 Å². The van der Waals surface area contributed by atoms with Gasteiger partial charge in [0.1, 0.15) is 0 Å². The molecule has 0 fully saturated rings. The number of carbonyl (C=O) groups excluding carboxylic acids is 1. The van der Waals surface area contributed by atoms with E-state index in [4.69, 9.17) is 5.11 Å². The molecule has 2 N–H and O–H groups in total. The van der Waals surface area contributed by atoms with Gasteiger partial charge in [0.25, 0.3) is 0 Å². The Morgan fingerprint density at radius 3 is 2.50 bits per heavy atom. The number of carbonyl (C=O) groups is 2. The standard InChI is InChI=1S/C15H28N2O3/c1-5-11-17(12-6-2)14(20)16-10-9-15(3,4)8-7-13(18)19/h5H,1,6-12H2,2-4H3,(H,16,20)(H,18,19). The van der Waals surface area contributed by atoms with Crippen molar-refractivity contribution in [1.82, 2.24) is 10.2 Å². The predicted molar refractivity (Wildman–Crippen MR) is 80.7 cm³/mol. The first kappa shape index (κ1) is 18.5. The zero-order valence-electron chi connectivity index (χ0n) is 12.9. The van der Waals surface area contributed by atoms with Crippen molar-refractivity contribution in [1.29, 1.82) is 0 Å². The molecular weight excluding hydrogens is 256 g/mol. The summed E-state index contributed by atoms with van der Waals surface area (Å²) in [6, 6.07) is -0.0826. The van der Waals surface area contributed by atoms with Crippen LogP contribution in [0.5, 0.6) is 0 Å². The molecule has 0 rings (SSSR count). The molecule has 0 aliphatic carbocycles. The second kappa shape index (κ2) is 9.39. The first-order valence-electron chi connectivity index (χ1n) is 7.18. The van der Waals surface area contributed by atoms with Gasteiger partial charge in [-0.1, -0.05) is 26.8 Å². The highest BCUT2D eigenvalue weighted by Crippen LogP contribution is 2.25. The summed E-state index contributed by atoms with van der Waals surface area (Å²) in [5.41, 5.74) is -0.0836. The molecular formula is C15H28N2O3. The predicted octanol–water partition coefficient (Wildman–Crippen LogP) is 2.88. The highest BCUT2D eigenvalue weighted by Gasteiger charge is 2.19. The number of hydrogen-bond acceptors (Lipinski definition) is 2. The Hall–Kier alpha value is -1.52. The fraction of sp³-hybridized carbons (Fsp3) is 0.733. The summed E-state index contributed by atoms with van der Waals surface area (Å²) in [5.74, 6) is -0.776. The number of carboxylic acid groups (broad SMARTS) is 1. The molecule has 0 aromatic carbocycles. The van der Waals surface area contributed by atoms with Crippen LogP contribution in [0.25, 0.3) is 0 Å². The van der Waals surface area contributed by atoms with Crippen LogP contribution >= 0.6 is 0 Å². The second-order valence-electron chi connectivity index (χ2n) is 5.77. The van der Waals surface area contributed by atoms with Gasteiger partial charge in [0, 0.05) is 26.1 Å². The summed E-state index contributed by atoms with van der Waals surface area (Å²) in [5, 5.41) is 11.6. The molecule has 20 heavy (non-hydrogen) atoms. The highest BCUT2D eigenvalue weighted by atomic mass is 16.4. The molecule has 2 amide bonds. The van der Waals surface area contributed by atoms with Gasteiger partial charge in [-0.3, -0.25) is 4.79 Å². The van der Waals surface area contributed by atoms with Crippen molar-refractivity contribution in [2.75, 3.05) is 19.6 Å². The van der Waals surface area contributed by atoms with Gasteiger partial charge in [0.15, 0.2) is 0 Å². The van der Waals surface area contributed by atoms with E-state index >= 15 is 0 Å². The van der Waals surface area contributed by atoms with E-state index in [2.05, 4.69) is 11.9 Å². The number of urea groups is 1. The van der Waals surface area contributed by atoms with E-state index in [0.717, 1.165) is 12.8 Å². The Bertz CT molecular complexity index is 327. The summed E-state index contributed by atoms with van der Waals surface area (Å²) >= 11 is 0. The quantitative estimate of drug-likeness (QED) is 0.606. The Balaban J connectivity index is 4.10. The topological polar surface area (TPSA) is 69.6 Å². The minimum atomic E-state index is -0.776. The molecule has 5 nitrogen and oxygen atoms in total. The van der Waals surface area contributed by atoms with Gasteiger partial charge in [-0.25, -0.2) is 4.79 Å². The number of amides is 2. The fourth-order valence-corrected chi connectivity index (χ4v) is 1.89. The normalized spacial score (nSPS) is 10.9. The van der Waals surface area contributed by atoms with Gasteiger partial charge < -0.3 is 15.3 Å². The van der Waals surface area contributed by atoms with Crippen LogP contribution in [0.2, 0.25) is 0 Å². The summed E-state index contributed by atoms with van der Waals surface area (Å²) in [6.45, 7) is 11.5. The van der Waals surface area contributed by atoms with Crippen LogP contribution < -0.4 is 5.32 Å². The molecule has 0 radical (unpaired) electrons. The summed E-state index contributed by atoms with van der Waals surface area (Å²) in [7, 11) is 0. The average molecular weight is 284 g/mol. The maximum Gasteiger partial charge on any atom is 0.317 e. The molecule has 0 unspecified atom stereocenters. The Morgan fingerprint density at radius 1 is 1.35 bits per heavy atom. The molecule has 0 saturated heterocycles. The summed E-state index contributed by atoms with van der Waals surface area (Å²) in [6.07, 6.45) is 4.17. The highest BCUT2D eigenvalue weighted by molar-refractivity contribution is 5.74. The van der Waals surface area contributed by atoms with E-state index in [-0.39, 0.29) is 17.9 Å². The molecule has 0 spiro atoms. The van der Waals surface area contributed by atoms with E-state index in [1.54, 1.807) is 11.0 Å². The van der Waals surface area contributed by atoms with Crippen molar-refractivity contribution in [2.24, 2.45) is 5.41 Å². The molecule has 0 bridgehead atoms. The third-order valence-electron chi connectivity index (χ3n) is 3.22. The molecule has 0 aliphatic heterocycles. The van der Waals surface area contributed by atoms with Crippen LogP contribution in [0.1, 0.15) is 46.5 Å². The number of carboxylic acids is 1. The minimum Gasteiger partial charge on any atom is -0.481 e. The van der Waals surface area contributed by atoms with Gasteiger partial charge in [-0.05, 0) is 24.7 Å². The number of rotatable bonds is 10. The van der Waals surface area contributed by atoms with Crippen LogP contribution in [-0.4, -0.2) is 41.6 Å². The molecule has 0 aromatic heterocycles. The van der Waals surface area contributed by atoms with Crippen molar-refractivity contribution in [3.05, 3.63) is 12.7 Å². The molecule has 5 heteroatoms. The molecule has 0 heterocycles. The first-order valence-corrected chi connectivity index (χ1v) is 7.18. The van der Waals surface area contributed by atoms with Gasteiger partial charge in [-0.2, -0.15) is 0 Å². The Labute approximate surface area is 122 Å². The van der Waals surface area contributed by atoms with Crippen LogP contribution in [0.3, 0.4) is 0 Å². The van der Waals surface area contributed by atoms with Crippen molar-refractivity contribution in [3.63, 3.8) is 0 Å². The number of nitrogens with zero attached hydrogens (tertiary/aromatic N) is 1. The minimum absolute atomic E-state index is 0.0826. The smallest absolute Gasteiger partial charge is 0.317 e. The van der Waals surface area contributed by atoms with E-state index in [9.17, 15) is 9.59 Å². The van der Waals surface area contributed by atoms with Crippen molar-refractivity contribution in [2.45, 2.75) is 46.5 Å². The zero-order valence-corrected chi connectivity index (χ0v) is 12.9. The molecule has 0 aliphatic rings. The van der Waals surface area contributed by atoms with E-state index in [1.807, 2.05) is 20.8 Å². The lowest BCUT2D eigenvalue weighted by Crippen LogP contribution is -2.41. The van der Waals surface area contributed by atoms with Crippen molar-refractivity contribution >= 4 is 12.0 Å². The average Bonchev–Trinajstić information content (AvgIpc) is 2.36.